The molecule has 7 heteroatoms. The molecule has 0 aliphatic heterocycles. The van der Waals surface area contributed by atoms with Gasteiger partial charge in [-0.2, -0.15) is 5.10 Å². The first kappa shape index (κ1) is 17.4. The highest BCUT2D eigenvalue weighted by Crippen LogP contribution is 2.27. The van der Waals surface area contributed by atoms with E-state index in [1.54, 1.807) is 13.3 Å². The fourth-order valence-electron chi connectivity index (χ4n) is 3.05. The molecule has 0 spiro atoms. The molecule has 0 aliphatic carbocycles. The molecule has 0 saturated heterocycles. The van der Waals surface area contributed by atoms with Gasteiger partial charge >= 0.3 is 0 Å². The van der Waals surface area contributed by atoms with Crippen LogP contribution in [0.25, 0.3) is 22.2 Å². The molecule has 4 aromatic rings. The summed E-state index contributed by atoms with van der Waals surface area (Å²) >= 11 is 1.19. The molecule has 2 aromatic heterocycles. The Morgan fingerprint density at radius 3 is 2.52 bits per heavy atom. The third-order valence-corrected chi connectivity index (χ3v) is 4.97. The van der Waals surface area contributed by atoms with E-state index in [0.717, 1.165) is 27.3 Å². The number of methoxy groups -OCH3 is 1. The molecule has 3 N–H and O–H groups in total. The minimum Gasteiger partial charge on any atom is -0.497 e. The van der Waals surface area contributed by atoms with Crippen molar-refractivity contribution in [3.8, 4) is 17.0 Å². The number of aromatic nitrogens is 3. The van der Waals surface area contributed by atoms with E-state index in [1.165, 1.54) is 11.9 Å². The molecule has 0 radical (unpaired) electrons. The molecular formula is C20H18N4O2S. The molecule has 0 fully saturated rings. The van der Waals surface area contributed by atoms with E-state index in [-0.39, 0.29) is 5.56 Å². The Balaban J connectivity index is 1.81. The smallest absolute Gasteiger partial charge is 0.259 e. The molecule has 0 unspecified atom stereocenters. The van der Waals surface area contributed by atoms with Crippen molar-refractivity contribution in [2.75, 3.05) is 7.11 Å². The lowest BCUT2D eigenvalue weighted by Crippen LogP contribution is -2.06. The summed E-state index contributed by atoms with van der Waals surface area (Å²) in [5.41, 5.74) is 3.25. The number of nitrogens with one attached hydrogen (secondary N) is 1. The molecule has 27 heavy (non-hydrogen) atoms. The number of nitrogens with two attached hydrogens (primary N) is 1. The van der Waals surface area contributed by atoms with Gasteiger partial charge in [0.25, 0.3) is 5.56 Å². The van der Waals surface area contributed by atoms with Gasteiger partial charge in [-0.3, -0.25) is 14.6 Å². The van der Waals surface area contributed by atoms with Gasteiger partial charge in [-0.1, -0.05) is 24.3 Å². The molecule has 2 aromatic carbocycles. The zero-order valence-electron chi connectivity index (χ0n) is 14.7. The van der Waals surface area contributed by atoms with Gasteiger partial charge in [0.2, 0.25) is 0 Å². The highest BCUT2D eigenvalue weighted by Gasteiger charge is 2.15. The second-order valence-corrected chi connectivity index (χ2v) is 6.77. The summed E-state index contributed by atoms with van der Waals surface area (Å²) in [6.45, 7) is 0.556. The van der Waals surface area contributed by atoms with Gasteiger partial charge in [0.05, 0.1) is 24.6 Å². The maximum atomic E-state index is 12.5. The summed E-state index contributed by atoms with van der Waals surface area (Å²) in [6.07, 6.45) is 1.65. The molecular weight excluding hydrogens is 360 g/mol. The molecule has 6 nitrogen and oxygen atoms in total. The van der Waals surface area contributed by atoms with Crippen molar-refractivity contribution >= 4 is 22.9 Å². The quantitative estimate of drug-likeness (QED) is 0.520. The van der Waals surface area contributed by atoms with Gasteiger partial charge in [-0.15, -0.1) is 0 Å². The van der Waals surface area contributed by atoms with Gasteiger partial charge in [-0.25, -0.2) is 0 Å². The van der Waals surface area contributed by atoms with Crippen LogP contribution in [0, 0.1) is 0 Å². The summed E-state index contributed by atoms with van der Waals surface area (Å²) in [5.74, 6) is 0.805. The van der Waals surface area contributed by atoms with Crippen LogP contribution in [0.4, 0.5) is 0 Å². The first-order valence-electron chi connectivity index (χ1n) is 8.38. The molecule has 0 bridgehead atoms. The predicted octanol–water partition coefficient (Wildman–Crippen LogP) is 3.41. The highest BCUT2D eigenvalue weighted by molar-refractivity contribution is 7.97. The fraction of sp³-hybridized carbons (Fsp3) is 0.100. The predicted molar refractivity (Wildman–Crippen MR) is 108 cm³/mol. The number of aromatic amines is 1. The number of hydrogen-bond donors (Lipinski definition) is 2. The lowest BCUT2D eigenvalue weighted by Gasteiger charge is -2.05. The van der Waals surface area contributed by atoms with Crippen LogP contribution >= 0.6 is 11.9 Å². The van der Waals surface area contributed by atoms with Crippen LogP contribution in [-0.2, 0) is 6.54 Å². The van der Waals surface area contributed by atoms with E-state index in [2.05, 4.69) is 4.98 Å². The van der Waals surface area contributed by atoms with Crippen LogP contribution in [0.3, 0.4) is 0 Å². The third-order valence-electron chi connectivity index (χ3n) is 4.43. The Morgan fingerprint density at radius 1 is 1.11 bits per heavy atom. The van der Waals surface area contributed by atoms with Gasteiger partial charge in [0.1, 0.15) is 11.4 Å². The van der Waals surface area contributed by atoms with E-state index in [0.29, 0.717) is 17.6 Å². The minimum absolute atomic E-state index is 0.152. The zero-order chi connectivity index (χ0) is 18.8. The Labute approximate surface area is 160 Å². The van der Waals surface area contributed by atoms with Crippen LogP contribution in [0.5, 0.6) is 5.75 Å². The number of fused-ring (bicyclic) bond motifs is 1. The average Bonchev–Trinajstić information content (AvgIpc) is 3.08. The van der Waals surface area contributed by atoms with Crippen LogP contribution in [0.15, 0.2) is 70.5 Å². The largest absolute Gasteiger partial charge is 0.497 e. The SMILES string of the molecule is COc1ccc(Cn2nc(-c3ccc(SN)cc3)c3c(=O)[nH]ccc32)cc1. The highest BCUT2D eigenvalue weighted by atomic mass is 32.2. The first-order chi connectivity index (χ1) is 13.2. The monoisotopic (exact) mass is 378 g/mol. The fourth-order valence-corrected chi connectivity index (χ4v) is 3.35. The van der Waals surface area contributed by atoms with Crippen LogP contribution in [0.2, 0.25) is 0 Å². The number of pyridine rings is 1. The van der Waals surface area contributed by atoms with Crippen molar-refractivity contribution in [3.05, 3.63) is 76.7 Å². The first-order valence-corrected chi connectivity index (χ1v) is 9.26. The van der Waals surface area contributed by atoms with Crippen molar-refractivity contribution in [3.63, 3.8) is 0 Å². The van der Waals surface area contributed by atoms with E-state index < -0.39 is 0 Å². The summed E-state index contributed by atoms with van der Waals surface area (Å²) in [7, 11) is 1.64. The number of hydrogen-bond acceptors (Lipinski definition) is 5. The van der Waals surface area contributed by atoms with Crippen molar-refractivity contribution in [2.45, 2.75) is 11.4 Å². The number of nitrogens with zero attached hydrogens (tertiary/aromatic N) is 2. The van der Waals surface area contributed by atoms with Gasteiger partial charge < -0.3 is 9.72 Å². The minimum atomic E-state index is -0.152. The Kier molecular flexibility index (Phi) is 4.70. The third kappa shape index (κ3) is 3.34. The van der Waals surface area contributed by atoms with E-state index >= 15 is 0 Å². The van der Waals surface area contributed by atoms with Crippen molar-refractivity contribution in [1.29, 1.82) is 0 Å². The summed E-state index contributed by atoms with van der Waals surface area (Å²) in [6, 6.07) is 17.4. The zero-order valence-corrected chi connectivity index (χ0v) is 15.5. The second-order valence-electron chi connectivity index (χ2n) is 6.06. The van der Waals surface area contributed by atoms with Crippen molar-refractivity contribution in [1.82, 2.24) is 14.8 Å². The van der Waals surface area contributed by atoms with Crippen LogP contribution in [-0.4, -0.2) is 21.9 Å². The number of rotatable bonds is 5. The number of benzene rings is 2. The normalized spacial score (nSPS) is 11.0. The van der Waals surface area contributed by atoms with Crippen LogP contribution in [0.1, 0.15) is 5.56 Å². The lowest BCUT2D eigenvalue weighted by atomic mass is 10.1. The summed E-state index contributed by atoms with van der Waals surface area (Å²) < 4.78 is 7.06. The molecule has 0 saturated carbocycles. The molecule has 0 atom stereocenters. The second kappa shape index (κ2) is 7.30. The Morgan fingerprint density at radius 2 is 1.85 bits per heavy atom. The molecule has 0 aliphatic rings. The van der Waals surface area contributed by atoms with E-state index in [9.17, 15) is 4.79 Å². The number of ether oxygens (including phenoxy) is 1. The van der Waals surface area contributed by atoms with Gasteiger partial charge in [-0.05, 0) is 47.8 Å². The average molecular weight is 378 g/mol. The Bertz CT molecular complexity index is 1130. The summed E-state index contributed by atoms with van der Waals surface area (Å²) in [4.78, 5) is 16.2. The molecule has 4 rings (SSSR count). The van der Waals surface area contributed by atoms with Crippen molar-refractivity contribution in [2.24, 2.45) is 5.14 Å². The Hall–Kier alpha value is -3.03. The van der Waals surface area contributed by atoms with E-state index in [4.69, 9.17) is 15.0 Å². The van der Waals surface area contributed by atoms with Crippen molar-refractivity contribution < 1.29 is 4.74 Å². The number of H-pyrrole nitrogens is 1. The van der Waals surface area contributed by atoms with Gasteiger partial charge in [0, 0.05) is 16.7 Å². The standard InChI is InChI=1S/C20H18N4O2S/c1-26-15-6-2-13(3-7-15)12-24-17-10-11-22-20(25)18(17)19(23-24)14-4-8-16(27-21)9-5-14/h2-11H,12,21H2,1H3,(H,22,25). The lowest BCUT2D eigenvalue weighted by molar-refractivity contribution is 0.414. The maximum absolute atomic E-state index is 12.5. The maximum Gasteiger partial charge on any atom is 0.259 e. The molecule has 0 amide bonds. The molecule has 136 valence electrons. The molecule has 2 heterocycles. The van der Waals surface area contributed by atoms with Crippen LogP contribution < -0.4 is 15.4 Å². The van der Waals surface area contributed by atoms with E-state index in [1.807, 2.05) is 59.3 Å². The van der Waals surface area contributed by atoms with Gasteiger partial charge in [0.15, 0.2) is 0 Å². The topological polar surface area (TPSA) is 85.9 Å². The summed E-state index contributed by atoms with van der Waals surface area (Å²) in [5, 5.41) is 10.9.